The molecule has 2 atom stereocenters. The van der Waals surface area contributed by atoms with Crippen LogP contribution in [-0.4, -0.2) is 56.7 Å². The Balaban J connectivity index is 1.62. The highest BCUT2D eigenvalue weighted by Crippen LogP contribution is 2.40. The van der Waals surface area contributed by atoms with Crippen molar-refractivity contribution in [3.05, 3.63) is 41.3 Å². The highest BCUT2D eigenvalue weighted by molar-refractivity contribution is 6.28. The number of fused-ring (bicyclic) bond motifs is 2. The van der Waals surface area contributed by atoms with Gasteiger partial charge in [0.15, 0.2) is 0 Å². The Morgan fingerprint density at radius 2 is 1.91 bits per heavy atom. The first-order chi connectivity index (χ1) is 15.2. The summed E-state index contributed by atoms with van der Waals surface area (Å²) >= 11 is 6.11. The van der Waals surface area contributed by atoms with Crippen LogP contribution in [0.5, 0.6) is 0 Å². The molecule has 2 aliphatic heterocycles. The van der Waals surface area contributed by atoms with Gasteiger partial charge in [0.05, 0.1) is 23.3 Å². The van der Waals surface area contributed by atoms with Crippen molar-refractivity contribution in [3.63, 3.8) is 0 Å². The second kappa shape index (κ2) is 7.75. The number of nitrogen functional groups attached to an aromatic ring is 1. The van der Waals surface area contributed by atoms with E-state index in [0.29, 0.717) is 18.9 Å². The van der Waals surface area contributed by atoms with Crippen molar-refractivity contribution in [3.8, 4) is 11.3 Å². The molecule has 12 heteroatoms. The molecular weight excluding hydrogens is 461 g/mol. The Bertz CT molecular complexity index is 1130. The van der Waals surface area contributed by atoms with Crippen molar-refractivity contribution < 1.29 is 22.7 Å². The van der Waals surface area contributed by atoms with Crippen molar-refractivity contribution in [1.29, 1.82) is 0 Å². The number of aromatic nitrogens is 3. The topological polar surface area (TPSA) is 97.5 Å². The minimum Gasteiger partial charge on any atom is -0.444 e. The third-order valence-electron chi connectivity index (χ3n) is 5.48. The van der Waals surface area contributed by atoms with Crippen LogP contribution in [0.3, 0.4) is 0 Å². The van der Waals surface area contributed by atoms with Crippen LogP contribution >= 0.6 is 11.6 Å². The number of piperazine rings is 1. The van der Waals surface area contributed by atoms with E-state index in [2.05, 4.69) is 21.5 Å². The predicted octanol–water partition coefficient (Wildman–Crippen LogP) is 4.16. The van der Waals surface area contributed by atoms with Crippen LogP contribution < -0.4 is 10.6 Å². The first-order valence-corrected chi connectivity index (χ1v) is 10.4. The first-order valence-electron chi connectivity index (χ1n) is 10.1. The fourth-order valence-corrected chi connectivity index (χ4v) is 4.18. The molecule has 2 fully saturated rings. The normalized spacial score (nSPS) is 20.5. The maximum atomic E-state index is 13.3. The van der Waals surface area contributed by atoms with Crippen LogP contribution in [0.25, 0.3) is 11.3 Å². The van der Waals surface area contributed by atoms with Crippen LogP contribution in [0.4, 0.5) is 29.6 Å². The largest absolute Gasteiger partial charge is 0.444 e. The summed E-state index contributed by atoms with van der Waals surface area (Å²) in [6.45, 7) is 10.2. The van der Waals surface area contributed by atoms with E-state index in [0.717, 1.165) is 11.6 Å². The van der Waals surface area contributed by atoms with Gasteiger partial charge in [0.2, 0.25) is 5.28 Å². The summed E-state index contributed by atoms with van der Waals surface area (Å²) in [5.41, 5.74) is 4.80. The van der Waals surface area contributed by atoms with Gasteiger partial charge in [-0.3, -0.25) is 4.90 Å². The van der Waals surface area contributed by atoms with E-state index in [-0.39, 0.29) is 28.6 Å². The number of likely N-dealkylation sites (tertiary alicyclic amines) is 1. The fourth-order valence-electron chi connectivity index (χ4n) is 4.00. The quantitative estimate of drug-likeness (QED) is 0.507. The predicted molar refractivity (Wildman–Crippen MR) is 117 cm³/mol. The second-order valence-corrected chi connectivity index (χ2v) is 9.26. The van der Waals surface area contributed by atoms with Gasteiger partial charge >= 0.3 is 12.3 Å². The van der Waals surface area contributed by atoms with E-state index in [1.807, 2.05) is 4.90 Å². The van der Waals surface area contributed by atoms with E-state index in [1.54, 1.807) is 25.7 Å². The van der Waals surface area contributed by atoms with Crippen molar-refractivity contribution in [1.82, 2.24) is 19.9 Å². The van der Waals surface area contributed by atoms with Crippen LogP contribution in [-0.2, 0) is 10.9 Å². The lowest BCUT2D eigenvalue weighted by Crippen LogP contribution is -2.50. The molecule has 2 aromatic rings. The molecule has 0 spiro atoms. The number of hydrogen-bond donors (Lipinski definition) is 1. The molecule has 0 radical (unpaired) electrons. The summed E-state index contributed by atoms with van der Waals surface area (Å²) in [5.74, 6) is -0.213. The zero-order valence-electron chi connectivity index (χ0n) is 18.1. The van der Waals surface area contributed by atoms with Gasteiger partial charge in [-0.1, -0.05) is 6.58 Å². The Labute approximate surface area is 193 Å². The van der Waals surface area contributed by atoms with Gasteiger partial charge < -0.3 is 15.4 Å². The Kier molecular flexibility index (Phi) is 5.43. The standard InChI is InChI=1S/C21H22ClF3N6O2/c1-10-14-9-31(19(32)33-20(2,3)4)15(10)8-30(14)16-6-13(28-18(22)29-16)11-5-12(21(23,24)25)17(26)27-7-11/h5-7,14-15H,1,8-9H2,2-4H3,(H2,26,27). The summed E-state index contributed by atoms with van der Waals surface area (Å²) in [4.78, 5) is 28.1. The molecule has 4 rings (SSSR count). The van der Waals surface area contributed by atoms with Gasteiger partial charge in [0.1, 0.15) is 17.2 Å². The number of ether oxygens (including phenoxy) is 1. The molecule has 2 bridgehead atoms. The molecule has 2 aliphatic rings. The zero-order valence-corrected chi connectivity index (χ0v) is 18.9. The highest BCUT2D eigenvalue weighted by Gasteiger charge is 2.50. The average molecular weight is 483 g/mol. The summed E-state index contributed by atoms with van der Waals surface area (Å²) < 4.78 is 45.3. The van der Waals surface area contributed by atoms with Crippen molar-refractivity contribution >= 4 is 29.3 Å². The number of nitrogens with zero attached hydrogens (tertiary/aromatic N) is 5. The number of alkyl halides is 3. The summed E-state index contributed by atoms with van der Waals surface area (Å²) in [6.07, 6.45) is -3.89. The van der Waals surface area contributed by atoms with E-state index < -0.39 is 29.3 Å². The lowest BCUT2D eigenvalue weighted by molar-refractivity contribution is -0.137. The van der Waals surface area contributed by atoms with Gasteiger partial charge in [0.25, 0.3) is 0 Å². The highest BCUT2D eigenvalue weighted by atomic mass is 35.5. The molecule has 2 unspecified atom stereocenters. The number of rotatable bonds is 2. The van der Waals surface area contributed by atoms with Gasteiger partial charge in [0, 0.05) is 30.9 Å². The zero-order chi connectivity index (χ0) is 24.3. The number of hydrogen-bond acceptors (Lipinski definition) is 7. The average Bonchev–Trinajstić information content (AvgIpc) is 3.18. The van der Waals surface area contributed by atoms with Crippen LogP contribution in [0.2, 0.25) is 5.28 Å². The minimum atomic E-state index is -4.66. The van der Waals surface area contributed by atoms with Crippen LogP contribution in [0, 0.1) is 0 Å². The van der Waals surface area contributed by atoms with Crippen molar-refractivity contribution in [2.24, 2.45) is 0 Å². The Morgan fingerprint density at radius 1 is 1.21 bits per heavy atom. The van der Waals surface area contributed by atoms with Crippen LogP contribution in [0.15, 0.2) is 30.5 Å². The van der Waals surface area contributed by atoms with Crippen molar-refractivity contribution in [2.75, 3.05) is 23.7 Å². The second-order valence-electron chi connectivity index (χ2n) is 8.93. The number of anilines is 2. The molecule has 0 saturated carbocycles. The molecule has 1 amide bonds. The SMILES string of the molecule is C=C1C2CN(c3cc(-c4cnc(N)c(C(F)(F)F)c4)nc(Cl)n3)C1CN2C(=O)OC(C)(C)C. The van der Waals surface area contributed by atoms with Crippen molar-refractivity contribution in [2.45, 2.75) is 44.6 Å². The molecule has 4 heterocycles. The number of pyridine rings is 1. The first kappa shape index (κ1) is 23.1. The van der Waals surface area contributed by atoms with Gasteiger partial charge in [-0.2, -0.15) is 13.2 Å². The van der Waals surface area contributed by atoms with Gasteiger partial charge in [-0.15, -0.1) is 0 Å². The smallest absolute Gasteiger partial charge is 0.419 e. The lowest BCUT2D eigenvalue weighted by atomic mass is 10.1. The van der Waals surface area contributed by atoms with Gasteiger partial charge in [-0.25, -0.2) is 19.7 Å². The molecule has 8 nitrogen and oxygen atoms in total. The number of nitrogens with two attached hydrogens (primary N) is 1. The number of amides is 1. The fraction of sp³-hybridized carbons (Fsp3) is 0.429. The monoisotopic (exact) mass is 482 g/mol. The third-order valence-corrected chi connectivity index (χ3v) is 5.64. The van der Waals surface area contributed by atoms with E-state index >= 15 is 0 Å². The summed E-state index contributed by atoms with van der Waals surface area (Å²) in [5, 5.41) is -0.134. The Hall–Kier alpha value is -3.08. The Morgan fingerprint density at radius 3 is 2.48 bits per heavy atom. The summed E-state index contributed by atoms with van der Waals surface area (Å²) in [6, 6.07) is 1.89. The maximum Gasteiger partial charge on any atom is 0.419 e. The number of carbonyl (C=O) groups is 1. The molecule has 176 valence electrons. The molecule has 33 heavy (non-hydrogen) atoms. The lowest BCUT2D eigenvalue weighted by Gasteiger charge is -2.35. The van der Waals surface area contributed by atoms with Gasteiger partial charge in [-0.05, 0) is 44.0 Å². The number of carbonyl (C=O) groups excluding carboxylic acids is 1. The third kappa shape index (κ3) is 4.41. The molecular formula is C21H22ClF3N6O2. The van der Waals surface area contributed by atoms with E-state index in [9.17, 15) is 18.0 Å². The van der Waals surface area contributed by atoms with Crippen LogP contribution in [0.1, 0.15) is 26.3 Å². The maximum absolute atomic E-state index is 13.3. The molecule has 2 saturated heterocycles. The van der Waals surface area contributed by atoms with E-state index in [4.69, 9.17) is 22.1 Å². The molecule has 0 aromatic carbocycles. The molecule has 0 aliphatic carbocycles. The van der Waals surface area contributed by atoms with E-state index in [1.165, 1.54) is 12.3 Å². The summed E-state index contributed by atoms with van der Waals surface area (Å²) in [7, 11) is 0. The minimum absolute atomic E-state index is 0.0978. The molecule has 2 aromatic heterocycles. The molecule has 2 N–H and O–H groups in total. The number of halogens is 4.